The van der Waals surface area contributed by atoms with Crippen LogP contribution in [0.1, 0.15) is 31.6 Å². The molecule has 0 aliphatic carbocycles. The Balaban J connectivity index is 2.01. The van der Waals surface area contributed by atoms with Gasteiger partial charge in [0.05, 0.1) is 13.2 Å². The van der Waals surface area contributed by atoms with Gasteiger partial charge in [-0.25, -0.2) is 0 Å². The number of aliphatic hydroxyl groups is 1. The SMILES string of the molecule is COc1cc(CN2C(C)CC(O)CC2C)sn1. The van der Waals surface area contributed by atoms with E-state index in [4.69, 9.17) is 4.74 Å². The fraction of sp³-hybridized carbons (Fsp3) is 0.750. The van der Waals surface area contributed by atoms with Gasteiger partial charge in [0.15, 0.2) is 0 Å². The first-order chi connectivity index (χ1) is 8.10. The number of hydrogen-bond acceptors (Lipinski definition) is 5. The minimum atomic E-state index is -0.146. The number of aromatic nitrogens is 1. The highest BCUT2D eigenvalue weighted by Crippen LogP contribution is 2.27. The van der Waals surface area contributed by atoms with Crippen molar-refractivity contribution in [1.29, 1.82) is 0 Å². The number of methoxy groups -OCH3 is 1. The van der Waals surface area contributed by atoms with Gasteiger partial charge in [0.1, 0.15) is 0 Å². The Morgan fingerprint density at radius 2 is 2.12 bits per heavy atom. The second-order valence-electron chi connectivity index (χ2n) is 4.83. The summed E-state index contributed by atoms with van der Waals surface area (Å²) < 4.78 is 9.30. The highest BCUT2D eigenvalue weighted by Gasteiger charge is 2.30. The minimum Gasteiger partial charge on any atom is -0.480 e. The zero-order valence-corrected chi connectivity index (χ0v) is 11.4. The van der Waals surface area contributed by atoms with E-state index in [2.05, 4.69) is 23.1 Å². The zero-order chi connectivity index (χ0) is 12.4. The van der Waals surface area contributed by atoms with Gasteiger partial charge in [0.2, 0.25) is 5.88 Å². The van der Waals surface area contributed by atoms with Crippen LogP contribution in [0.25, 0.3) is 0 Å². The van der Waals surface area contributed by atoms with E-state index in [0.29, 0.717) is 18.0 Å². The first-order valence-electron chi connectivity index (χ1n) is 6.03. The first kappa shape index (κ1) is 12.8. The van der Waals surface area contributed by atoms with Crippen LogP contribution in [-0.4, -0.2) is 39.7 Å². The van der Waals surface area contributed by atoms with E-state index in [1.54, 1.807) is 7.11 Å². The second-order valence-corrected chi connectivity index (χ2v) is 5.72. The van der Waals surface area contributed by atoms with E-state index in [0.717, 1.165) is 19.4 Å². The van der Waals surface area contributed by atoms with Crippen LogP contribution in [0.5, 0.6) is 5.88 Å². The van der Waals surface area contributed by atoms with E-state index in [1.807, 2.05) is 6.07 Å². The van der Waals surface area contributed by atoms with Gasteiger partial charge in [-0.15, -0.1) is 0 Å². The van der Waals surface area contributed by atoms with Crippen LogP contribution in [0.15, 0.2) is 6.07 Å². The molecule has 1 saturated heterocycles. The molecule has 4 nitrogen and oxygen atoms in total. The van der Waals surface area contributed by atoms with Gasteiger partial charge in [-0.3, -0.25) is 4.90 Å². The molecule has 5 heteroatoms. The Morgan fingerprint density at radius 1 is 1.47 bits per heavy atom. The number of likely N-dealkylation sites (tertiary alicyclic amines) is 1. The Kier molecular flexibility index (Phi) is 4.01. The monoisotopic (exact) mass is 256 g/mol. The molecule has 2 atom stereocenters. The zero-order valence-electron chi connectivity index (χ0n) is 10.6. The molecule has 0 saturated carbocycles. The lowest BCUT2D eigenvalue weighted by molar-refractivity contribution is 0.00917. The largest absolute Gasteiger partial charge is 0.480 e. The van der Waals surface area contributed by atoms with Crippen LogP contribution in [0, 0.1) is 0 Å². The maximum Gasteiger partial charge on any atom is 0.225 e. The van der Waals surface area contributed by atoms with Crippen molar-refractivity contribution in [3.63, 3.8) is 0 Å². The van der Waals surface area contributed by atoms with Gasteiger partial charge in [-0.05, 0) is 38.2 Å². The fourth-order valence-corrected chi connectivity index (χ4v) is 3.24. The molecule has 1 aliphatic heterocycles. The van der Waals surface area contributed by atoms with E-state index >= 15 is 0 Å². The summed E-state index contributed by atoms with van der Waals surface area (Å²) in [5.41, 5.74) is 0. The van der Waals surface area contributed by atoms with Gasteiger partial charge < -0.3 is 9.84 Å². The Hall–Kier alpha value is -0.650. The molecule has 0 bridgehead atoms. The number of ether oxygens (including phenoxy) is 1. The predicted octanol–water partition coefficient (Wildman–Crippen LogP) is 1.89. The molecule has 1 aromatic heterocycles. The van der Waals surface area contributed by atoms with Crippen LogP contribution in [0.4, 0.5) is 0 Å². The summed E-state index contributed by atoms with van der Waals surface area (Å²) in [6, 6.07) is 2.83. The lowest BCUT2D eigenvalue weighted by atomic mass is 9.95. The summed E-state index contributed by atoms with van der Waals surface area (Å²) >= 11 is 1.49. The van der Waals surface area contributed by atoms with Crippen molar-refractivity contribution in [3.05, 3.63) is 10.9 Å². The molecule has 1 fully saturated rings. The Bertz CT molecular complexity index is 357. The highest BCUT2D eigenvalue weighted by molar-refractivity contribution is 7.05. The Labute approximate surface area is 106 Å². The second kappa shape index (κ2) is 5.33. The van der Waals surface area contributed by atoms with Crippen LogP contribution < -0.4 is 4.74 Å². The number of piperidine rings is 1. The molecular weight excluding hydrogens is 236 g/mol. The maximum absolute atomic E-state index is 9.72. The van der Waals surface area contributed by atoms with Crippen LogP contribution in [-0.2, 0) is 6.54 Å². The molecule has 1 aromatic rings. The van der Waals surface area contributed by atoms with Crippen LogP contribution in [0.2, 0.25) is 0 Å². The summed E-state index contributed by atoms with van der Waals surface area (Å²) in [7, 11) is 1.64. The van der Waals surface area contributed by atoms with E-state index in [1.165, 1.54) is 16.4 Å². The minimum absolute atomic E-state index is 0.146. The number of aliphatic hydroxyl groups excluding tert-OH is 1. The van der Waals surface area contributed by atoms with Crippen LogP contribution >= 0.6 is 11.5 Å². The van der Waals surface area contributed by atoms with Gasteiger partial charge in [0.25, 0.3) is 0 Å². The van der Waals surface area contributed by atoms with E-state index < -0.39 is 0 Å². The average Bonchev–Trinajstić information content (AvgIpc) is 2.71. The lowest BCUT2D eigenvalue weighted by Crippen LogP contribution is -2.47. The molecule has 0 amide bonds. The number of rotatable bonds is 3. The molecule has 1 aliphatic rings. The quantitative estimate of drug-likeness (QED) is 0.897. The fourth-order valence-electron chi connectivity index (χ4n) is 2.55. The number of hydrogen-bond donors (Lipinski definition) is 1. The van der Waals surface area contributed by atoms with Gasteiger partial charge in [-0.2, -0.15) is 4.37 Å². The maximum atomic E-state index is 9.72. The van der Waals surface area contributed by atoms with Crippen molar-refractivity contribution < 1.29 is 9.84 Å². The summed E-state index contributed by atoms with van der Waals surface area (Å²) in [6.07, 6.45) is 1.58. The highest BCUT2D eigenvalue weighted by atomic mass is 32.1. The third-order valence-electron chi connectivity index (χ3n) is 3.44. The molecular formula is C12H20N2O2S. The van der Waals surface area contributed by atoms with E-state index in [-0.39, 0.29) is 6.10 Å². The summed E-state index contributed by atoms with van der Waals surface area (Å²) in [4.78, 5) is 3.65. The topological polar surface area (TPSA) is 45.6 Å². The summed E-state index contributed by atoms with van der Waals surface area (Å²) in [5.74, 6) is 0.697. The first-order valence-corrected chi connectivity index (χ1v) is 6.81. The Morgan fingerprint density at radius 3 is 2.65 bits per heavy atom. The standard InChI is InChI=1S/C12H20N2O2S/c1-8-4-10(15)5-9(2)14(8)7-11-6-12(16-3)13-17-11/h6,8-10,15H,4-5,7H2,1-3H3. The smallest absolute Gasteiger partial charge is 0.225 e. The summed E-state index contributed by atoms with van der Waals surface area (Å²) in [5, 5.41) is 9.72. The number of nitrogens with zero attached hydrogens (tertiary/aromatic N) is 2. The van der Waals surface area contributed by atoms with Crippen molar-refractivity contribution in [2.24, 2.45) is 0 Å². The third kappa shape index (κ3) is 2.97. The van der Waals surface area contributed by atoms with Crippen molar-refractivity contribution in [3.8, 4) is 5.88 Å². The van der Waals surface area contributed by atoms with Gasteiger partial charge in [0, 0.05) is 29.6 Å². The predicted molar refractivity (Wildman–Crippen MR) is 68.4 cm³/mol. The normalized spacial score (nSPS) is 30.5. The van der Waals surface area contributed by atoms with Crippen molar-refractivity contribution in [1.82, 2.24) is 9.27 Å². The molecule has 1 N–H and O–H groups in total. The average molecular weight is 256 g/mol. The molecule has 2 heterocycles. The lowest BCUT2D eigenvalue weighted by Gasteiger charge is -2.40. The van der Waals surface area contributed by atoms with Gasteiger partial charge in [-0.1, -0.05) is 0 Å². The molecule has 0 aromatic carbocycles. The van der Waals surface area contributed by atoms with Crippen molar-refractivity contribution >= 4 is 11.5 Å². The third-order valence-corrected chi connectivity index (χ3v) is 4.20. The van der Waals surface area contributed by atoms with Gasteiger partial charge >= 0.3 is 0 Å². The molecule has 0 spiro atoms. The summed E-state index contributed by atoms with van der Waals surface area (Å²) in [6.45, 7) is 5.25. The molecule has 2 unspecified atom stereocenters. The molecule has 0 radical (unpaired) electrons. The molecule has 2 rings (SSSR count). The molecule has 96 valence electrons. The van der Waals surface area contributed by atoms with Crippen LogP contribution in [0.3, 0.4) is 0 Å². The van der Waals surface area contributed by atoms with Crippen molar-refractivity contribution in [2.45, 2.75) is 51.4 Å². The van der Waals surface area contributed by atoms with Crippen molar-refractivity contribution in [2.75, 3.05) is 7.11 Å². The molecule has 17 heavy (non-hydrogen) atoms. The van der Waals surface area contributed by atoms with E-state index in [9.17, 15) is 5.11 Å².